The Kier molecular flexibility index (Phi) is 6.49. The van der Waals surface area contributed by atoms with Crippen LogP contribution in [0.1, 0.15) is 20.3 Å². The van der Waals surface area contributed by atoms with Crippen molar-refractivity contribution in [1.29, 1.82) is 0 Å². The normalized spacial score (nSPS) is 11.1. The lowest BCUT2D eigenvalue weighted by Crippen LogP contribution is -2.36. The molecule has 2 aromatic rings. The van der Waals surface area contributed by atoms with Crippen LogP contribution in [0.5, 0.6) is 0 Å². The Balaban J connectivity index is 2.11. The Morgan fingerprint density at radius 2 is 2.26 bits per heavy atom. The van der Waals surface area contributed by atoms with Gasteiger partial charge in [0.1, 0.15) is 0 Å². The van der Waals surface area contributed by atoms with Crippen LogP contribution < -0.4 is 5.32 Å². The number of carbonyl (C=O) groups excluding carboxylic acids is 1. The zero-order valence-corrected chi connectivity index (χ0v) is 15.4. The van der Waals surface area contributed by atoms with Crippen LogP contribution in [0.15, 0.2) is 17.5 Å². The van der Waals surface area contributed by atoms with Gasteiger partial charge >= 0.3 is 0 Å². The molecule has 2 heterocycles. The molecule has 0 bridgehead atoms. The van der Waals surface area contributed by atoms with Gasteiger partial charge in [0.25, 0.3) is 0 Å². The van der Waals surface area contributed by atoms with Crippen molar-refractivity contribution in [3.63, 3.8) is 0 Å². The average Bonchev–Trinajstić information content (AvgIpc) is 3.14. The molecule has 1 N–H and O–H groups in total. The molecule has 0 aliphatic heterocycles. The minimum atomic E-state index is 0.0225. The molecule has 0 aliphatic carbocycles. The molecule has 6 nitrogen and oxygen atoms in total. The van der Waals surface area contributed by atoms with Gasteiger partial charge in [-0.3, -0.25) is 14.3 Å². The molecule has 2 aromatic heterocycles. The topological polar surface area (TPSA) is 55.1 Å². The number of hydrogen-bond acceptors (Lipinski definition) is 5. The minimum absolute atomic E-state index is 0.0225. The summed E-state index contributed by atoms with van der Waals surface area (Å²) >= 11 is 7.17. The molecule has 2 rings (SSSR count). The van der Waals surface area contributed by atoms with Gasteiger partial charge in [-0.15, -0.1) is 16.4 Å². The molecule has 0 saturated carbocycles. The summed E-state index contributed by atoms with van der Waals surface area (Å²) in [5.41, 5.74) is 0. The molecule has 0 aromatic carbocycles. The highest BCUT2D eigenvalue weighted by Gasteiger charge is 2.14. The van der Waals surface area contributed by atoms with Gasteiger partial charge in [-0.2, -0.15) is 0 Å². The van der Waals surface area contributed by atoms with E-state index in [-0.39, 0.29) is 5.91 Å². The van der Waals surface area contributed by atoms with Crippen molar-refractivity contribution in [2.75, 3.05) is 20.1 Å². The van der Waals surface area contributed by atoms with Crippen LogP contribution in [0.4, 0.5) is 0 Å². The molecule has 126 valence electrons. The zero-order valence-electron chi connectivity index (χ0n) is 13.8. The first-order valence-electron chi connectivity index (χ1n) is 7.73. The van der Waals surface area contributed by atoms with Crippen molar-refractivity contribution < 1.29 is 4.79 Å². The van der Waals surface area contributed by atoms with Crippen molar-refractivity contribution in [2.24, 2.45) is 0 Å². The van der Waals surface area contributed by atoms with Crippen LogP contribution in [-0.2, 0) is 18.0 Å². The van der Waals surface area contributed by atoms with Crippen LogP contribution in [0.3, 0.4) is 0 Å². The summed E-state index contributed by atoms with van der Waals surface area (Å²) in [5.74, 6) is 0.908. The second-order valence-corrected chi connectivity index (χ2v) is 6.65. The lowest BCUT2D eigenvalue weighted by molar-refractivity contribution is -0.122. The number of hydrogen-bond donors (Lipinski definition) is 1. The van der Waals surface area contributed by atoms with E-state index < -0.39 is 0 Å². The van der Waals surface area contributed by atoms with Gasteiger partial charge in [0.15, 0.2) is 10.6 Å². The maximum atomic E-state index is 11.8. The summed E-state index contributed by atoms with van der Waals surface area (Å²) in [4.78, 5) is 14.8. The van der Waals surface area contributed by atoms with Gasteiger partial charge in [-0.25, -0.2) is 4.68 Å². The van der Waals surface area contributed by atoms with E-state index in [9.17, 15) is 4.79 Å². The summed E-state index contributed by atoms with van der Waals surface area (Å²) in [5, 5.41) is 9.55. The van der Waals surface area contributed by atoms with E-state index in [0.717, 1.165) is 23.7 Å². The van der Waals surface area contributed by atoms with Gasteiger partial charge in [-0.05, 0) is 44.1 Å². The first-order valence-corrected chi connectivity index (χ1v) is 9.02. The van der Waals surface area contributed by atoms with E-state index in [1.165, 1.54) is 0 Å². The molecule has 23 heavy (non-hydrogen) atoms. The molecule has 0 atom stereocenters. The number of carbonyl (C=O) groups is 1. The Bertz CT molecular complexity index is 689. The summed E-state index contributed by atoms with van der Waals surface area (Å²) in [6.45, 7) is 6.39. The Morgan fingerprint density at radius 1 is 1.48 bits per heavy atom. The Labute approximate surface area is 145 Å². The highest BCUT2D eigenvalue weighted by Crippen LogP contribution is 2.23. The Hall–Kier alpha value is -1.51. The summed E-state index contributed by atoms with van der Waals surface area (Å²) < 4.78 is 4.48. The highest BCUT2D eigenvalue weighted by molar-refractivity contribution is 7.71. The number of thiophene rings is 1. The fourth-order valence-electron chi connectivity index (χ4n) is 2.25. The molecular formula is C15H23N5OS2. The maximum Gasteiger partial charge on any atom is 0.234 e. The molecule has 8 heteroatoms. The highest BCUT2D eigenvalue weighted by atomic mass is 32.1. The fourth-order valence-corrected chi connectivity index (χ4v) is 3.28. The number of amides is 1. The van der Waals surface area contributed by atoms with Crippen molar-refractivity contribution in [3.05, 3.63) is 22.3 Å². The predicted molar refractivity (Wildman–Crippen MR) is 96.0 cm³/mol. The van der Waals surface area contributed by atoms with E-state index in [1.807, 2.05) is 41.0 Å². The van der Waals surface area contributed by atoms with Crippen molar-refractivity contribution in [2.45, 2.75) is 33.5 Å². The lowest BCUT2D eigenvalue weighted by atomic mass is 10.4. The van der Waals surface area contributed by atoms with Crippen LogP contribution in [-0.4, -0.2) is 45.3 Å². The van der Waals surface area contributed by atoms with Gasteiger partial charge in [0.2, 0.25) is 5.91 Å². The molecule has 0 fully saturated rings. The average molecular weight is 354 g/mol. The monoisotopic (exact) mass is 353 g/mol. The second kappa shape index (κ2) is 8.37. The number of aromatic nitrogens is 3. The molecule has 0 spiro atoms. The third-order valence-corrected chi connectivity index (χ3v) is 4.64. The Morgan fingerprint density at radius 3 is 2.87 bits per heavy atom. The number of rotatable bonds is 8. The first kappa shape index (κ1) is 17.8. The van der Waals surface area contributed by atoms with Gasteiger partial charge in [0.05, 0.1) is 18.1 Å². The maximum absolute atomic E-state index is 11.8. The lowest BCUT2D eigenvalue weighted by Gasteiger charge is -2.15. The molecule has 0 radical (unpaired) electrons. The van der Waals surface area contributed by atoms with Crippen LogP contribution in [0.25, 0.3) is 10.7 Å². The van der Waals surface area contributed by atoms with E-state index in [1.54, 1.807) is 16.0 Å². The zero-order chi connectivity index (χ0) is 16.8. The standard InChI is InChI=1S/C15H23N5OS2/c1-4-8-16-13(21)10-18(3)11-20-15(22)19(5-2)14(17-20)12-7-6-9-23-12/h6-7,9H,4-5,8,10-11H2,1-3H3,(H,16,21). The predicted octanol–water partition coefficient (Wildman–Crippen LogP) is 2.58. The summed E-state index contributed by atoms with van der Waals surface area (Å²) in [7, 11) is 1.89. The van der Waals surface area contributed by atoms with Gasteiger partial charge in [-0.1, -0.05) is 13.0 Å². The quantitative estimate of drug-likeness (QED) is 0.741. The third-order valence-electron chi connectivity index (χ3n) is 3.34. The number of nitrogens with zero attached hydrogens (tertiary/aromatic N) is 4. The van der Waals surface area contributed by atoms with Gasteiger partial charge < -0.3 is 5.32 Å². The number of likely N-dealkylation sites (N-methyl/N-ethyl adjacent to an activating group) is 1. The van der Waals surface area contributed by atoms with Crippen molar-refractivity contribution in [3.8, 4) is 10.7 Å². The van der Waals surface area contributed by atoms with E-state index in [0.29, 0.717) is 24.5 Å². The van der Waals surface area contributed by atoms with E-state index in [4.69, 9.17) is 12.2 Å². The minimum Gasteiger partial charge on any atom is -0.355 e. The first-order chi connectivity index (χ1) is 11.1. The van der Waals surface area contributed by atoms with Crippen molar-refractivity contribution >= 4 is 29.5 Å². The van der Waals surface area contributed by atoms with Crippen LogP contribution >= 0.6 is 23.6 Å². The largest absolute Gasteiger partial charge is 0.355 e. The summed E-state index contributed by atoms with van der Waals surface area (Å²) in [6, 6.07) is 4.05. The smallest absolute Gasteiger partial charge is 0.234 e. The second-order valence-electron chi connectivity index (χ2n) is 5.33. The molecule has 1 amide bonds. The molecule has 0 saturated heterocycles. The SMILES string of the molecule is CCCNC(=O)CN(C)Cn1nc(-c2cccs2)n(CC)c1=S. The molecular weight excluding hydrogens is 330 g/mol. The molecule has 0 aliphatic rings. The van der Waals surface area contributed by atoms with Crippen molar-refractivity contribution in [1.82, 2.24) is 24.6 Å². The molecule has 0 unspecified atom stereocenters. The third kappa shape index (κ3) is 4.49. The van der Waals surface area contributed by atoms with Gasteiger partial charge in [0, 0.05) is 13.1 Å². The van der Waals surface area contributed by atoms with Crippen LogP contribution in [0, 0.1) is 4.77 Å². The number of nitrogens with one attached hydrogen (secondary N) is 1. The van der Waals surface area contributed by atoms with E-state index >= 15 is 0 Å². The van der Waals surface area contributed by atoms with Crippen LogP contribution in [0.2, 0.25) is 0 Å². The summed E-state index contributed by atoms with van der Waals surface area (Å²) in [6.07, 6.45) is 0.936. The van der Waals surface area contributed by atoms with E-state index in [2.05, 4.69) is 17.3 Å². The fraction of sp³-hybridized carbons (Fsp3) is 0.533.